The Balaban J connectivity index is 1.87. The first-order valence-electron chi connectivity index (χ1n) is 9.48. The summed E-state index contributed by atoms with van der Waals surface area (Å²) in [6, 6.07) is 5.54. The van der Waals surface area contributed by atoms with Crippen LogP contribution in [0.15, 0.2) is 18.2 Å². The molecule has 150 valence electrons. The lowest BCUT2D eigenvalue weighted by atomic mass is 10.0. The molecule has 1 amide bonds. The van der Waals surface area contributed by atoms with E-state index in [1.807, 2.05) is 19.1 Å². The van der Waals surface area contributed by atoms with Crippen molar-refractivity contribution < 1.29 is 9.53 Å². The topological polar surface area (TPSA) is 141 Å². The van der Waals surface area contributed by atoms with Crippen LogP contribution in [-0.4, -0.2) is 46.4 Å². The molecule has 28 heavy (non-hydrogen) atoms. The van der Waals surface area contributed by atoms with Crippen molar-refractivity contribution in [3.05, 3.63) is 35.2 Å². The third-order valence-electron chi connectivity index (χ3n) is 4.55. The predicted octanol–water partition coefficient (Wildman–Crippen LogP) is 1.50. The van der Waals surface area contributed by atoms with Crippen LogP contribution in [0.5, 0.6) is 0 Å². The van der Waals surface area contributed by atoms with E-state index < -0.39 is 5.91 Å². The number of aromatic nitrogens is 3. The van der Waals surface area contributed by atoms with Crippen LogP contribution in [0.1, 0.15) is 41.5 Å². The van der Waals surface area contributed by atoms with E-state index in [0.717, 1.165) is 30.5 Å². The third-order valence-corrected chi connectivity index (χ3v) is 4.55. The monoisotopic (exact) mass is 385 g/mol. The lowest BCUT2D eigenvalue weighted by Gasteiger charge is -2.29. The summed E-state index contributed by atoms with van der Waals surface area (Å²) in [4.78, 5) is 16.4. The van der Waals surface area contributed by atoms with Gasteiger partial charge in [0.25, 0.3) is 5.91 Å². The summed E-state index contributed by atoms with van der Waals surface area (Å²) in [5.41, 5.74) is 14.1. The number of pyridine rings is 1. The SMILES string of the molecule is CCCc1cc(C)cc(Nc2cc(NC3CCOCC3N)nnc2C(N)=O)n1. The lowest BCUT2D eigenvalue weighted by Crippen LogP contribution is -2.47. The van der Waals surface area contributed by atoms with Gasteiger partial charge in [0.15, 0.2) is 11.5 Å². The van der Waals surface area contributed by atoms with E-state index in [1.165, 1.54) is 0 Å². The van der Waals surface area contributed by atoms with Crippen molar-refractivity contribution in [3.63, 3.8) is 0 Å². The Kier molecular flexibility index (Phi) is 6.37. The van der Waals surface area contributed by atoms with Gasteiger partial charge >= 0.3 is 0 Å². The van der Waals surface area contributed by atoms with Gasteiger partial charge in [0.2, 0.25) is 0 Å². The summed E-state index contributed by atoms with van der Waals surface area (Å²) in [7, 11) is 0. The van der Waals surface area contributed by atoms with Crippen LogP contribution in [0.2, 0.25) is 0 Å². The first kappa shape index (κ1) is 20.0. The number of nitrogens with one attached hydrogen (secondary N) is 2. The third kappa shape index (κ3) is 4.93. The van der Waals surface area contributed by atoms with Crippen LogP contribution in [-0.2, 0) is 11.2 Å². The number of amides is 1. The molecule has 2 aromatic rings. The maximum atomic E-state index is 11.8. The van der Waals surface area contributed by atoms with Gasteiger partial charge in [-0.05, 0) is 37.5 Å². The normalized spacial score (nSPS) is 19.2. The number of nitrogens with zero attached hydrogens (tertiary/aromatic N) is 3. The van der Waals surface area contributed by atoms with Crippen LogP contribution in [0.4, 0.5) is 17.3 Å². The molecule has 9 nitrogen and oxygen atoms in total. The van der Waals surface area contributed by atoms with E-state index in [1.54, 1.807) is 6.07 Å². The Hall–Kier alpha value is -2.78. The number of anilines is 3. The molecule has 1 aliphatic rings. The Labute approximate surface area is 164 Å². The highest BCUT2D eigenvalue weighted by molar-refractivity contribution is 5.97. The number of rotatable bonds is 7. The predicted molar refractivity (Wildman–Crippen MR) is 108 cm³/mol. The Bertz CT molecular complexity index is 843. The van der Waals surface area contributed by atoms with E-state index in [9.17, 15) is 4.79 Å². The van der Waals surface area contributed by atoms with E-state index in [4.69, 9.17) is 16.2 Å². The van der Waals surface area contributed by atoms with Crippen LogP contribution in [0.25, 0.3) is 0 Å². The summed E-state index contributed by atoms with van der Waals surface area (Å²) in [6.45, 7) is 5.24. The molecule has 3 heterocycles. The van der Waals surface area contributed by atoms with Crippen molar-refractivity contribution in [1.82, 2.24) is 15.2 Å². The molecule has 2 unspecified atom stereocenters. The Morgan fingerprint density at radius 2 is 2.11 bits per heavy atom. The summed E-state index contributed by atoms with van der Waals surface area (Å²) >= 11 is 0. The summed E-state index contributed by atoms with van der Waals surface area (Å²) in [5, 5.41) is 14.5. The minimum atomic E-state index is -0.661. The second-order valence-corrected chi connectivity index (χ2v) is 7.03. The maximum absolute atomic E-state index is 11.8. The lowest BCUT2D eigenvalue weighted by molar-refractivity contribution is 0.0751. The molecule has 1 aliphatic heterocycles. The Morgan fingerprint density at radius 3 is 2.82 bits per heavy atom. The largest absolute Gasteiger partial charge is 0.380 e. The highest BCUT2D eigenvalue weighted by Gasteiger charge is 2.23. The molecule has 0 radical (unpaired) electrons. The number of aryl methyl sites for hydroxylation is 2. The zero-order valence-corrected chi connectivity index (χ0v) is 16.2. The van der Waals surface area contributed by atoms with E-state index in [2.05, 4.69) is 32.7 Å². The molecule has 1 saturated heterocycles. The number of hydrogen-bond acceptors (Lipinski definition) is 8. The van der Waals surface area contributed by atoms with Crippen molar-refractivity contribution in [2.75, 3.05) is 23.8 Å². The van der Waals surface area contributed by atoms with Gasteiger partial charge in [-0.25, -0.2) is 4.98 Å². The number of primary amides is 1. The fraction of sp³-hybridized carbons (Fsp3) is 0.474. The highest BCUT2D eigenvalue weighted by atomic mass is 16.5. The van der Waals surface area contributed by atoms with E-state index in [0.29, 0.717) is 30.5 Å². The number of ether oxygens (including phenoxy) is 1. The Morgan fingerprint density at radius 1 is 1.29 bits per heavy atom. The van der Waals surface area contributed by atoms with Crippen LogP contribution in [0.3, 0.4) is 0 Å². The zero-order valence-electron chi connectivity index (χ0n) is 16.2. The van der Waals surface area contributed by atoms with Crippen molar-refractivity contribution in [3.8, 4) is 0 Å². The van der Waals surface area contributed by atoms with Gasteiger partial charge in [-0.3, -0.25) is 4.79 Å². The number of carbonyl (C=O) groups is 1. The van der Waals surface area contributed by atoms with Gasteiger partial charge in [0.05, 0.1) is 12.3 Å². The maximum Gasteiger partial charge on any atom is 0.271 e. The molecule has 0 aromatic carbocycles. The summed E-state index contributed by atoms with van der Waals surface area (Å²) < 4.78 is 5.36. The van der Waals surface area contributed by atoms with Crippen molar-refractivity contribution in [2.45, 2.75) is 45.2 Å². The van der Waals surface area contributed by atoms with Gasteiger partial charge in [0, 0.05) is 30.5 Å². The minimum absolute atomic E-state index is 0.0172. The number of hydrogen-bond donors (Lipinski definition) is 4. The van der Waals surface area contributed by atoms with Crippen molar-refractivity contribution >= 4 is 23.2 Å². The first-order chi connectivity index (χ1) is 13.5. The summed E-state index contributed by atoms with van der Waals surface area (Å²) in [6.07, 6.45) is 2.64. The van der Waals surface area contributed by atoms with E-state index >= 15 is 0 Å². The van der Waals surface area contributed by atoms with Crippen LogP contribution >= 0.6 is 0 Å². The van der Waals surface area contributed by atoms with Gasteiger partial charge in [-0.1, -0.05) is 13.3 Å². The molecule has 0 saturated carbocycles. The van der Waals surface area contributed by atoms with E-state index in [-0.39, 0.29) is 17.8 Å². The van der Waals surface area contributed by atoms with Gasteiger partial charge < -0.3 is 26.8 Å². The minimum Gasteiger partial charge on any atom is -0.380 e. The zero-order chi connectivity index (χ0) is 20.1. The average Bonchev–Trinajstić information content (AvgIpc) is 2.63. The van der Waals surface area contributed by atoms with Crippen LogP contribution < -0.4 is 22.1 Å². The van der Waals surface area contributed by atoms with Gasteiger partial charge in [-0.15, -0.1) is 10.2 Å². The quantitative estimate of drug-likeness (QED) is 0.562. The standard InChI is InChI=1S/C19H27N7O2/c1-3-4-12-7-11(2)8-16(22-12)24-15-9-17(25-26-18(15)19(21)27)23-14-5-6-28-10-13(14)20/h7-9,13-14H,3-6,10,20H2,1-2H3,(H2,21,27)(H2,22,23,24,25). The number of carbonyl (C=O) groups excluding carboxylic acids is 1. The second kappa shape index (κ2) is 8.94. The molecule has 0 aliphatic carbocycles. The molecule has 0 spiro atoms. The molecule has 6 N–H and O–H groups in total. The molecular weight excluding hydrogens is 358 g/mol. The van der Waals surface area contributed by atoms with Gasteiger partial charge in [0.1, 0.15) is 5.82 Å². The fourth-order valence-electron chi connectivity index (χ4n) is 3.19. The molecular formula is C19H27N7O2. The first-order valence-corrected chi connectivity index (χ1v) is 9.48. The molecule has 3 rings (SSSR count). The van der Waals surface area contributed by atoms with Gasteiger partial charge in [-0.2, -0.15) is 0 Å². The number of nitrogens with two attached hydrogens (primary N) is 2. The van der Waals surface area contributed by atoms with Crippen LogP contribution in [0, 0.1) is 6.92 Å². The molecule has 2 atom stereocenters. The highest BCUT2D eigenvalue weighted by Crippen LogP contribution is 2.23. The molecule has 0 bridgehead atoms. The van der Waals surface area contributed by atoms with Crippen molar-refractivity contribution in [1.29, 1.82) is 0 Å². The average molecular weight is 385 g/mol. The second-order valence-electron chi connectivity index (χ2n) is 7.03. The smallest absolute Gasteiger partial charge is 0.271 e. The summed E-state index contributed by atoms with van der Waals surface area (Å²) in [5.74, 6) is 0.481. The fourth-order valence-corrected chi connectivity index (χ4v) is 3.19. The molecule has 9 heteroatoms. The van der Waals surface area contributed by atoms with Crippen molar-refractivity contribution in [2.24, 2.45) is 11.5 Å². The molecule has 2 aromatic heterocycles. The molecule has 1 fully saturated rings.